The van der Waals surface area contributed by atoms with E-state index in [1.165, 1.54) is 44.7 Å². The summed E-state index contributed by atoms with van der Waals surface area (Å²) in [7, 11) is 1.68. The van der Waals surface area contributed by atoms with Gasteiger partial charge < -0.3 is 4.90 Å². The lowest BCUT2D eigenvalue weighted by atomic mass is 9.89. The smallest absolute Gasteiger partial charge is 0.302 e. The molecule has 0 bridgehead atoms. The van der Waals surface area contributed by atoms with Crippen LogP contribution in [0, 0.1) is 11.7 Å². The van der Waals surface area contributed by atoms with Crippen molar-refractivity contribution in [1.82, 2.24) is 14.0 Å². The Kier molecular flexibility index (Phi) is 5.47. The maximum absolute atomic E-state index is 13.1. The van der Waals surface area contributed by atoms with Gasteiger partial charge in [-0.25, -0.2) is 9.18 Å². The molecule has 1 aliphatic rings. The standard InChI is InChI=1S/C21H22FN3O3S/c1-23-18-13-29-12-17(18)20(27)25(21(23)28)11-10-24-8-6-15(7-9-24)19(26)14-2-4-16(22)5-3-14/h2-5,12-13,15H,6-11H2,1H3. The Morgan fingerprint density at radius 1 is 1.10 bits per heavy atom. The number of likely N-dealkylation sites (tertiary alicyclic amines) is 1. The Balaban J connectivity index is 1.39. The molecule has 0 atom stereocenters. The number of aromatic nitrogens is 2. The van der Waals surface area contributed by atoms with Gasteiger partial charge in [0.05, 0.1) is 10.9 Å². The Morgan fingerprint density at radius 3 is 2.48 bits per heavy atom. The van der Waals surface area contributed by atoms with Crippen molar-refractivity contribution < 1.29 is 9.18 Å². The van der Waals surface area contributed by atoms with Crippen molar-refractivity contribution >= 4 is 28.0 Å². The van der Waals surface area contributed by atoms with E-state index in [2.05, 4.69) is 4.90 Å². The molecule has 4 rings (SSSR count). The van der Waals surface area contributed by atoms with Gasteiger partial charge in [0.2, 0.25) is 0 Å². The molecule has 152 valence electrons. The van der Waals surface area contributed by atoms with Crippen LogP contribution in [0.25, 0.3) is 10.9 Å². The molecule has 2 aromatic heterocycles. The highest BCUT2D eigenvalue weighted by atomic mass is 32.1. The number of rotatable bonds is 5. The molecule has 29 heavy (non-hydrogen) atoms. The topological polar surface area (TPSA) is 64.3 Å². The predicted molar refractivity (Wildman–Crippen MR) is 111 cm³/mol. The normalized spacial score (nSPS) is 15.8. The first-order valence-electron chi connectivity index (χ1n) is 9.63. The molecular formula is C21H22FN3O3S. The lowest BCUT2D eigenvalue weighted by Gasteiger charge is -2.31. The Hall–Kier alpha value is -2.58. The number of aryl methyl sites for hydroxylation is 1. The second-order valence-corrected chi connectivity index (χ2v) is 8.20. The summed E-state index contributed by atoms with van der Waals surface area (Å²) in [6.45, 7) is 2.37. The van der Waals surface area contributed by atoms with E-state index in [9.17, 15) is 18.8 Å². The Bertz CT molecular complexity index is 1150. The van der Waals surface area contributed by atoms with E-state index in [1.807, 2.05) is 5.38 Å². The molecule has 0 amide bonds. The highest BCUT2D eigenvalue weighted by Gasteiger charge is 2.26. The van der Waals surface area contributed by atoms with Crippen molar-refractivity contribution in [3.05, 3.63) is 67.2 Å². The average Bonchev–Trinajstić information content (AvgIpc) is 3.23. The molecule has 0 N–H and O–H groups in total. The van der Waals surface area contributed by atoms with E-state index in [0.717, 1.165) is 13.1 Å². The summed E-state index contributed by atoms with van der Waals surface area (Å²) in [5.74, 6) is -0.370. The molecule has 0 spiro atoms. The summed E-state index contributed by atoms with van der Waals surface area (Å²) in [5, 5.41) is 4.16. The van der Waals surface area contributed by atoms with Crippen LogP contribution < -0.4 is 11.2 Å². The van der Waals surface area contributed by atoms with Gasteiger partial charge in [-0.15, -0.1) is 11.3 Å². The maximum Gasteiger partial charge on any atom is 0.331 e. The number of benzene rings is 1. The number of carbonyl (C=O) groups is 1. The fourth-order valence-corrected chi connectivity index (χ4v) is 4.77. The largest absolute Gasteiger partial charge is 0.331 e. The maximum atomic E-state index is 13.1. The van der Waals surface area contributed by atoms with E-state index >= 15 is 0 Å². The first kappa shape index (κ1) is 19.7. The zero-order valence-electron chi connectivity index (χ0n) is 16.1. The monoisotopic (exact) mass is 415 g/mol. The second-order valence-electron chi connectivity index (χ2n) is 7.46. The van der Waals surface area contributed by atoms with Crippen LogP contribution in [0.1, 0.15) is 23.2 Å². The van der Waals surface area contributed by atoms with E-state index in [1.54, 1.807) is 12.4 Å². The van der Waals surface area contributed by atoms with Crippen LogP contribution in [0.15, 0.2) is 44.6 Å². The molecule has 6 nitrogen and oxygen atoms in total. The fourth-order valence-electron chi connectivity index (χ4n) is 3.93. The predicted octanol–water partition coefficient (Wildman–Crippen LogP) is 2.50. The van der Waals surface area contributed by atoms with Gasteiger partial charge in [0.15, 0.2) is 5.78 Å². The number of nitrogens with zero attached hydrogens (tertiary/aromatic N) is 3. The second kappa shape index (κ2) is 8.04. The van der Waals surface area contributed by atoms with Crippen LogP contribution >= 0.6 is 11.3 Å². The van der Waals surface area contributed by atoms with E-state index < -0.39 is 0 Å². The number of hydrogen-bond donors (Lipinski definition) is 0. The van der Waals surface area contributed by atoms with Crippen molar-refractivity contribution in [3.8, 4) is 0 Å². The zero-order chi connectivity index (χ0) is 20.5. The minimum Gasteiger partial charge on any atom is -0.302 e. The van der Waals surface area contributed by atoms with Gasteiger partial charge in [-0.1, -0.05) is 0 Å². The summed E-state index contributed by atoms with van der Waals surface area (Å²) >= 11 is 1.41. The number of thiophene rings is 1. The van der Waals surface area contributed by atoms with E-state index in [4.69, 9.17) is 0 Å². The van der Waals surface area contributed by atoms with Gasteiger partial charge in [0.1, 0.15) is 5.82 Å². The third-order valence-electron chi connectivity index (χ3n) is 5.72. The molecule has 1 aromatic carbocycles. The lowest BCUT2D eigenvalue weighted by Crippen LogP contribution is -2.43. The Labute approximate surface area is 170 Å². The average molecular weight is 415 g/mol. The summed E-state index contributed by atoms with van der Waals surface area (Å²) in [6.07, 6.45) is 1.43. The molecule has 0 unspecified atom stereocenters. The third kappa shape index (κ3) is 3.82. The summed E-state index contributed by atoms with van der Waals surface area (Å²) < 4.78 is 15.9. The SMILES string of the molecule is Cn1c(=O)n(CCN2CCC(C(=O)c3ccc(F)cc3)CC2)c(=O)c2cscc21. The van der Waals surface area contributed by atoms with Crippen molar-refractivity contribution in [3.63, 3.8) is 0 Å². The summed E-state index contributed by atoms with van der Waals surface area (Å²) in [5.41, 5.74) is 0.665. The number of Topliss-reactive ketones (excluding diaryl/α,β-unsaturated/α-hetero) is 1. The molecule has 0 aliphatic carbocycles. The van der Waals surface area contributed by atoms with Crippen LogP contribution in [0.5, 0.6) is 0 Å². The molecule has 3 aromatic rings. The quantitative estimate of drug-likeness (QED) is 0.601. The molecule has 1 fully saturated rings. The molecule has 0 radical (unpaired) electrons. The zero-order valence-corrected chi connectivity index (χ0v) is 17.0. The molecule has 1 aliphatic heterocycles. The van der Waals surface area contributed by atoms with Crippen LogP contribution in [0.3, 0.4) is 0 Å². The molecule has 1 saturated heterocycles. The number of hydrogen-bond acceptors (Lipinski definition) is 5. The highest BCUT2D eigenvalue weighted by Crippen LogP contribution is 2.22. The number of halogens is 1. The van der Waals surface area contributed by atoms with Crippen LogP contribution in [-0.2, 0) is 13.6 Å². The van der Waals surface area contributed by atoms with Gasteiger partial charge in [-0.05, 0) is 50.2 Å². The first-order chi connectivity index (χ1) is 14.0. The van der Waals surface area contributed by atoms with E-state index in [-0.39, 0.29) is 28.8 Å². The van der Waals surface area contributed by atoms with E-state index in [0.29, 0.717) is 42.4 Å². The molecule has 8 heteroatoms. The van der Waals surface area contributed by atoms with Crippen molar-refractivity contribution in [2.24, 2.45) is 13.0 Å². The van der Waals surface area contributed by atoms with Gasteiger partial charge in [0, 0.05) is 42.4 Å². The number of fused-ring (bicyclic) bond motifs is 1. The van der Waals surface area contributed by atoms with Gasteiger partial charge in [0.25, 0.3) is 5.56 Å². The molecular weight excluding hydrogens is 393 g/mol. The fraction of sp³-hybridized carbons (Fsp3) is 0.381. The van der Waals surface area contributed by atoms with Crippen LogP contribution in [0.2, 0.25) is 0 Å². The Morgan fingerprint density at radius 2 is 1.79 bits per heavy atom. The first-order valence-corrected chi connectivity index (χ1v) is 10.6. The van der Waals surface area contributed by atoms with Gasteiger partial charge >= 0.3 is 5.69 Å². The molecule has 3 heterocycles. The lowest BCUT2D eigenvalue weighted by molar-refractivity contribution is 0.0837. The van der Waals surface area contributed by atoms with Crippen molar-refractivity contribution in [1.29, 1.82) is 0 Å². The minimum absolute atomic E-state index is 0.0534. The minimum atomic E-state index is -0.349. The van der Waals surface area contributed by atoms with Crippen LogP contribution in [-0.4, -0.2) is 39.5 Å². The van der Waals surface area contributed by atoms with Crippen molar-refractivity contribution in [2.45, 2.75) is 19.4 Å². The summed E-state index contributed by atoms with van der Waals surface area (Å²) in [4.78, 5) is 39.9. The third-order valence-corrected chi connectivity index (χ3v) is 6.45. The number of ketones is 1. The van der Waals surface area contributed by atoms with Gasteiger partial charge in [-0.2, -0.15) is 0 Å². The highest BCUT2D eigenvalue weighted by molar-refractivity contribution is 7.09. The molecule has 0 saturated carbocycles. The number of piperidine rings is 1. The van der Waals surface area contributed by atoms with Gasteiger partial charge in [-0.3, -0.25) is 18.7 Å². The summed E-state index contributed by atoms with van der Waals surface area (Å²) in [6, 6.07) is 5.69. The van der Waals surface area contributed by atoms with Crippen LogP contribution in [0.4, 0.5) is 4.39 Å². The van der Waals surface area contributed by atoms with Crippen molar-refractivity contribution in [2.75, 3.05) is 19.6 Å². The number of carbonyl (C=O) groups excluding carboxylic acids is 1.